The molecule has 6 rings (SSSR count). The molecule has 0 radical (unpaired) electrons. The van der Waals surface area contributed by atoms with Crippen LogP contribution in [-0.2, 0) is 10.0 Å². The minimum atomic E-state index is -3.98. The van der Waals surface area contributed by atoms with Crippen LogP contribution < -0.4 is 0 Å². The first kappa shape index (κ1) is 24.8. The molecule has 2 bridgehead atoms. The summed E-state index contributed by atoms with van der Waals surface area (Å²) in [6, 6.07) is 11.5. The standard InChI is InChI=1S/C26H22ClN5O5S/c27-19-3-1-17-10-20(4-2-16(17)9-19)38(36,37)31-13-21-23(33)24(34)22(14-31)32(21)26(35)18-11-29-25(30-12-18)15-5-7-28-8-6-15/h1-12,21-24,33-34H,13-14H2. The van der Waals surface area contributed by atoms with E-state index in [-0.39, 0.29) is 23.5 Å². The van der Waals surface area contributed by atoms with Crippen molar-refractivity contribution in [1.29, 1.82) is 0 Å². The number of halogens is 1. The fraction of sp³-hybridized carbons (Fsp3) is 0.231. The van der Waals surface area contributed by atoms with Crippen molar-refractivity contribution in [2.75, 3.05) is 13.1 Å². The Labute approximate surface area is 223 Å². The molecule has 2 N–H and O–H groups in total. The Morgan fingerprint density at radius 1 is 0.895 bits per heavy atom. The topological polar surface area (TPSA) is 137 Å². The molecular formula is C26H22ClN5O5S. The van der Waals surface area contributed by atoms with Gasteiger partial charge in [-0.2, -0.15) is 4.31 Å². The number of carbonyl (C=O) groups excluding carboxylic acids is 1. The molecule has 1 amide bonds. The number of aliphatic hydroxyl groups excluding tert-OH is 2. The summed E-state index contributed by atoms with van der Waals surface area (Å²) in [5.41, 5.74) is 0.907. The molecule has 4 aromatic rings. The maximum Gasteiger partial charge on any atom is 0.257 e. The van der Waals surface area contributed by atoms with Crippen LogP contribution in [0, 0.1) is 0 Å². The lowest BCUT2D eigenvalue weighted by Crippen LogP contribution is -2.58. The van der Waals surface area contributed by atoms with E-state index >= 15 is 0 Å². The molecule has 12 heteroatoms. The van der Waals surface area contributed by atoms with E-state index in [1.807, 2.05) is 0 Å². The SMILES string of the molecule is O=C(c1cnc(-c2ccncc2)nc1)N1C2CN(S(=O)(=O)c3ccc4cc(Cl)ccc4c3)CC1C(O)C2O. The van der Waals surface area contributed by atoms with Crippen molar-refractivity contribution in [2.45, 2.75) is 29.2 Å². The van der Waals surface area contributed by atoms with Crippen LogP contribution in [0.15, 0.2) is 78.2 Å². The monoisotopic (exact) mass is 551 g/mol. The minimum absolute atomic E-state index is 0.0792. The first-order valence-corrected chi connectivity index (χ1v) is 13.7. The van der Waals surface area contributed by atoms with Gasteiger partial charge in [0.25, 0.3) is 5.91 Å². The number of aliphatic hydroxyl groups is 2. The normalized spacial score (nSPS) is 23.6. The number of aromatic nitrogens is 3. The predicted molar refractivity (Wildman–Crippen MR) is 139 cm³/mol. The number of piperazine rings is 1. The summed E-state index contributed by atoms with van der Waals surface area (Å²) in [4.78, 5) is 27.4. The van der Waals surface area contributed by atoms with Crippen molar-refractivity contribution >= 4 is 38.3 Å². The van der Waals surface area contributed by atoms with Crippen LogP contribution >= 0.6 is 11.6 Å². The van der Waals surface area contributed by atoms with Crippen LogP contribution in [0.1, 0.15) is 10.4 Å². The van der Waals surface area contributed by atoms with Gasteiger partial charge in [0.15, 0.2) is 5.82 Å². The second-order valence-corrected chi connectivity index (χ2v) is 11.7. The number of sulfonamides is 1. The molecule has 2 aromatic heterocycles. The fourth-order valence-corrected chi connectivity index (χ4v) is 6.85. The molecule has 2 saturated heterocycles. The quantitative estimate of drug-likeness (QED) is 0.393. The van der Waals surface area contributed by atoms with E-state index < -0.39 is 40.2 Å². The zero-order valence-electron chi connectivity index (χ0n) is 19.8. The van der Waals surface area contributed by atoms with Crippen LogP contribution in [-0.4, -0.2) is 86.1 Å². The number of fused-ring (bicyclic) bond motifs is 3. The van der Waals surface area contributed by atoms with Crippen molar-refractivity contribution in [3.05, 3.63) is 83.9 Å². The first-order chi connectivity index (χ1) is 18.2. The number of hydrogen-bond acceptors (Lipinski definition) is 8. The lowest BCUT2D eigenvalue weighted by Gasteiger charge is -2.40. The molecule has 4 unspecified atom stereocenters. The van der Waals surface area contributed by atoms with Crippen molar-refractivity contribution in [2.24, 2.45) is 0 Å². The Morgan fingerprint density at radius 3 is 2.16 bits per heavy atom. The maximum atomic E-state index is 13.6. The van der Waals surface area contributed by atoms with Crippen LogP contribution in [0.25, 0.3) is 22.2 Å². The van der Waals surface area contributed by atoms with E-state index in [9.17, 15) is 23.4 Å². The van der Waals surface area contributed by atoms with Gasteiger partial charge >= 0.3 is 0 Å². The fourth-order valence-electron chi connectivity index (χ4n) is 5.15. The van der Waals surface area contributed by atoms with Gasteiger partial charge in [0, 0.05) is 48.5 Å². The summed E-state index contributed by atoms with van der Waals surface area (Å²) in [5, 5.41) is 23.5. The number of benzene rings is 2. The van der Waals surface area contributed by atoms with E-state index in [0.717, 1.165) is 10.9 Å². The Balaban J connectivity index is 1.26. The van der Waals surface area contributed by atoms with Crippen molar-refractivity contribution in [3.8, 4) is 11.4 Å². The molecule has 0 spiro atoms. The molecule has 4 heterocycles. The molecule has 2 aliphatic rings. The van der Waals surface area contributed by atoms with Crippen LogP contribution in [0.5, 0.6) is 0 Å². The van der Waals surface area contributed by atoms with Gasteiger partial charge < -0.3 is 15.1 Å². The molecular weight excluding hydrogens is 530 g/mol. The number of hydrogen-bond donors (Lipinski definition) is 2. The molecule has 2 fully saturated rings. The third kappa shape index (κ3) is 4.12. The van der Waals surface area contributed by atoms with Crippen molar-refractivity contribution in [1.82, 2.24) is 24.2 Å². The Hall–Kier alpha value is -3.48. The van der Waals surface area contributed by atoms with Gasteiger partial charge in [0.1, 0.15) is 12.2 Å². The molecule has 0 aliphatic carbocycles. The second kappa shape index (κ2) is 9.37. The summed E-state index contributed by atoms with van der Waals surface area (Å²) in [5.74, 6) is -0.0722. The average Bonchev–Trinajstić information content (AvgIpc) is 3.09. The molecule has 38 heavy (non-hydrogen) atoms. The van der Waals surface area contributed by atoms with Crippen molar-refractivity contribution in [3.63, 3.8) is 0 Å². The van der Waals surface area contributed by atoms with E-state index in [1.54, 1.807) is 54.9 Å². The number of pyridine rings is 1. The summed E-state index contributed by atoms with van der Waals surface area (Å²) in [7, 11) is -3.98. The first-order valence-electron chi connectivity index (χ1n) is 11.8. The highest BCUT2D eigenvalue weighted by atomic mass is 35.5. The highest BCUT2D eigenvalue weighted by Gasteiger charge is 2.55. The largest absolute Gasteiger partial charge is 0.388 e. The van der Waals surface area contributed by atoms with Crippen LogP contribution in [0.4, 0.5) is 0 Å². The Morgan fingerprint density at radius 2 is 1.50 bits per heavy atom. The smallest absolute Gasteiger partial charge is 0.257 e. The van der Waals surface area contributed by atoms with Gasteiger partial charge in [-0.3, -0.25) is 9.78 Å². The lowest BCUT2D eigenvalue weighted by atomic mass is 10.1. The number of amides is 1. The van der Waals surface area contributed by atoms with Crippen LogP contribution in [0.3, 0.4) is 0 Å². The molecule has 0 saturated carbocycles. The highest BCUT2D eigenvalue weighted by molar-refractivity contribution is 7.89. The maximum absolute atomic E-state index is 13.6. The predicted octanol–water partition coefficient (Wildman–Crippen LogP) is 1.96. The van der Waals surface area contributed by atoms with Gasteiger partial charge in [0.2, 0.25) is 10.0 Å². The van der Waals surface area contributed by atoms with Gasteiger partial charge in [-0.1, -0.05) is 23.7 Å². The van der Waals surface area contributed by atoms with Crippen molar-refractivity contribution < 1.29 is 23.4 Å². The molecule has 4 atom stereocenters. The summed E-state index contributed by atoms with van der Waals surface area (Å²) >= 11 is 6.04. The van der Waals surface area contributed by atoms with Gasteiger partial charge in [-0.15, -0.1) is 0 Å². The third-order valence-corrected chi connectivity index (χ3v) is 9.18. The molecule has 10 nitrogen and oxygen atoms in total. The second-order valence-electron chi connectivity index (χ2n) is 9.33. The summed E-state index contributed by atoms with van der Waals surface area (Å²) < 4.78 is 28.3. The number of rotatable bonds is 4. The average molecular weight is 552 g/mol. The summed E-state index contributed by atoms with van der Waals surface area (Å²) in [6.45, 7) is -0.338. The van der Waals surface area contributed by atoms with Gasteiger partial charge in [-0.25, -0.2) is 18.4 Å². The van der Waals surface area contributed by atoms with E-state index in [4.69, 9.17) is 11.6 Å². The zero-order chi connectivity index (χ0) is 26.6. The van der Waals surface area contributed by atoms with Gasteiger partial charge in [-0.05, 0) is 47.2 Å². The summed E-state index contributed by atoms with van der Waals surface area (Å²) in [6.07, 6.45) is 3.37. The van der Waals surface area contributed by atoms with Gasteiger partial charge in [0.05, 0.1) is 22.5 Å². The number of carbonyl (C=O) groups is 1. The van der Waals surface area contributed by atoms with Crippen LogP contribution in [0.2, 0.25) is 5.02 Å². The van der Waals surface area contributed by atoms with E-state index in [1.165, 1.54) is 27.7 Å². The zero-order valence-corrected chi connectivity index (χ0v) is 21.4. The molecule has 194 valence electrons. The van der Waals surface area contributed by atoms with E-state index in [0.29, 0.717) is 16.2 Å². The lowest BCUT2D eigenvalue weighted by molar-refractivity contribution is 0.0352. The highest BCUT2D eigenvalue weighted by Crippen LogP contribution is 2.35. The minimum Gasteiger partial charge on any atom is -0.388 e. The number of nitrogens with zero attached hydrogens (tertiary/aromatic N) is 5. The molecule has 2 aliphatic heterocycles. The third-order valence-electron chi connectivity index (χ3n) is 7.12. The Kier molecular flexibility index (Phi) is 6.12. The molecule has 2 aromatic carbocycles. The Bertz CT molecular complexity index is 1620. The van der Waals surface area contributed by atoms with E-state index in [2.05, 4.69) is 15.0 Å².